The van der Waals surface area contributed by atoms with Crippen LogP contribution in [0.1, 0.15) is 0 Å². The van der Waals surface area contributed by atoms with Gasteiger partial charge in [-0.05, 0) is 24.3 Å². The second-order valence-corrected chi connectivity index (χ2v) is 3.81. The van der Waals surface area contributed by atoms with Gasteiger partial charge in [0.05, 0.1) is 0 Å². The zero-order valence-corrected chi connectivity index (χ0v) is 9.56. The van der Waals surface area contributed by atoms with Crippen LogP contribution in [0.25, 0.3) is 17.2 Å². The number of nitrogens with zero attached hydrogens (tertiary/aromatic N) is 4. The maximum atomic E-state index is 5.68. The Hall–Kier alpha value is -2.69. The minimum atomic E-state index is 0.468. The highest BCUT2D eigenvalue weighted by atomic mass is 15.3. The predicted molar refractivity (Wildman–Crippen MR) is 69.0 cm³/mol. The number of hydrogen-bond donors (Lipinski definition) is 1. The van der Waals surface area contributed by atoms with E-state index in [-0.39, 0.29) is 0 Å². The number of rotatable bonds is 2. The molecule has 88 valence electrons. The second kappa shape index (κ2) is 4.29. The van der Waals surface area contributed by atoms with Gasteiger partial charge in [-0.1, -0.05) is 24.3 Å². The number of aromatic nitrogens is 4. The number of nitrogens with two attached hydrogens (primary N) is 1. The average Bonchev–Trinajstić information content (AvgIpc) is 2.89. The minimum absolute atomic E-state index is 0.468. The molecule has 5 nitrogen and oxygen atoms in total. The van der Waals surface area contributed by atoms with Gasteiger partial charge in [0, 0.05) is 5.69 Å². The fraction of sp³-hybridized carbons (Fsp3) is 0. The maximum Gasteiger partial charge on any atom is 0.187 e. The number of para-hydroxylation sites is 1. The van der Waals surface area contributed by atoms with Crippen molar-refractivity contribution < 1.29 is 0 Å². The Balaban J connectivity index is 2.13. The van der Waals surface area contributed by atoms with Crippen LogP contribution in [0.2, 0.25) is 0 Å². The molecule has 18 heavy (non-hydrogen) atoms. The van der Waals surface area contributed by atoms with E-state index >= 15 is 0 Å². The van der Waals surface area contributed by atoms with Gasteiger partial charge in [0.15, 0.2) is 5.82 Å². The summed E-state index contributed by atoms with van der Waals surface area (Å²) in [6.07, 6.45) is 1.66. The van der Waals surface area contributed by atoms with Crippen molar-refractivity contribution in [1.29, 1.82) is 0 Å². The molecule has 0 radical (unpaired) electrons. The van der Waals surface area contributed by atoms with Gasteiger partial charge < -0.3 is 5.73 Å². The molecule has 0 saturated carbocycles. The summed E-state index contributed by atoms with van der Waals surface area (Å²) < 4.78 is 1.88. The number of anilines is 1. The lowest BCUT2D eigenvalue weighted by Gasteiger charge is -2.05. The monoisotopic (exact) mass is 237 g/mol. The minimum Gasteiger partial charge on any atom is -0.384 e. The first-order chi connectivity index (χ1) is 8.84. The summed E-state index contributed by atoms with van der Waals surface area (Å²) in [7, 11) is 0. The van der Waals surface area contributed by atoms with Crippen LogP contribution in [0.5, 0.6) is 0 Å². The van der Waals surface area contributed by atoms with Crippen LogP contribution in [-0.2, 0) is 0 Å². The molecule has 0 aliphatic heterocycles. The van der Waals surface area contributed by atoms with Gasteiger partial charge in [0.1, 0.15) is 17.8 Å². The lowest BCUT2D eigenvalue weighted by atomic mass is 10.3. The molecule has 5 heteroatoms. The van der Waals surface area contributed by atoms with E-state index in [9.17, 15) is 0 Å². The topological polar surface area (TPSA) is 69.6 Å². The molecule has 0 fully saturated rings. The highest BCUT2D eigenvalue weighted by Gasteiger charge is 2.09. The molecular formula is C13H11N5. The lowest BCUT2D eigenvalue weighted by molar-refractivity contribution is 1.05. The Morgan fingerprint density at radius 2 is 1.78 bits per heavy atom. The molecule has 0 amide bonds. The fourth-order valence-electron chi connectivity index (χ4n) is 1.76. The molecule has 2 aromatic heterocycles. The molecule has 2 heterocycles. The Morgan fingerprint density at radius 3 is 2.56 bits per heavy atom. The molecule has 0 unspecified atom stereocenters. The quantitative estimate of drug-likeness (QED) is 0.739. The van der Waals surface area contributed by atoms with Crippen molar-refractivity contribution in [2.24, 2.45) is 0 Å². The first-order valence-corrected chi connectivity index (χ1v) is 5.53. The molecule has 0 spiro atoms. The highest BCUT2D eigenvalue weighted by Crippen LogP contribution is 2.19. The van der Waals surface area contributed by atoms with E-state index < -0.39 is 0 Å². The van der Waals surface area contributed by atoms with E-state index in [0.717, 1.165) is 5.69 Å². The first kappa shape index (κ1) is 10.5. The van der Waals surface area contributed by atoms with Crippen LogP contribution < -0.4 is 5.73 Å². The Morgan fingerprint density at radius 1 is 0.944 bits per heavy atom. The van der Waals surface area contributed by atoms with Gasteiger partial charge in [0.25, 0.3) is 0 Å². The van der Waals surface area contributed by atoms with Crippen molar-refractivity contribution in [3.05, 3.63) is 54.9 Å². The van der Waals surface area contributed by atoms with Crippen molar-refractivity contribution >= 4 is 5.82 Å². The first-order valence-electron chi connectivity index (χ1n) is 5.53. The van der Waals surface area contributed by atoms with Crippen LogP contribution >= 0.6 is 0 Å². The largest absolute Gasteiger partial charge is 0.384 e. The second-order valence-electron chi connectivity index (χ2n) is 3.81. The van der Waals surface area contributed by atoms with Gasteiger partial charge in [-0.2, -0.15) is 0 Å². The summed E-state index contributed by atoms with van der Waals surface area (Å²) in [5.41, 5.74) is 7.38. The van der Waals surface area contributed by atoms with Gasteiger partial charge >= 0.3 is 0 Å². The maximum absolute atomic E-state index is 5.68. The summed E-state index contributed by atoms with van der Waals surface area (Å²) in [4.78, 5) is 4.26. The predicted octanol–water partition coefficient (Wildman–Crippen LogP) is 1.91. The molecule has 0 bridgehead atoms. The van der Waals surface area contributed by atoms with Crippen LogP contribution in [0.15, 0.2) is 54.9 Å². The molecule has 0 aliphatic carbocycles. The van der Waals surface area contributed by atoms with Gasteiger partial charge in [-0.25, -0.2) is 4.98 Å². The van der Waals surface area contributed by atoms with E-state index in [0.29, 0.717) is 17.3 Å². The van der Waals surface area contributed by atoms with Crippen molar-refractivity contribution in [2.45, 2.75) is 0 Å². The lowest BCUT2D eigenvalue weighted by Crippen LogP contribution is -1.99. The van der Waals surface area contributed by atoms with Crippen LogP contribution in [0.3, 0.4) is 0 Å². The zero-order valence-electron chi connectivity index (χ0n) is 9.56. The molecule has 2 N–H and O–H groups in total. The Kier molecular flexibility index (Phi) is 2.49. The van der Waals surface area contributed by atoms with Gasteiger partial charge in [0.2, 0.25) is 0 Å². The Labute approximate surface area is 104 Å². The normalized spacial score (nSPS) is 10.4. The summed E-state index contributed by atoms with van der Waals surface area (Å²) in [6.45, 7) is 0. The fourth-order valence-corrected chi connectivity index (χ4v) is 1.76. The van der Waals surface area contributed by atoms with E-state index in [2.05, 4.69) is 15.2 Å². The number of pyridine rings is 1. The van der Waals surface area contributed by atoms with Gasteiger partial charge in [-0.15, -0.1) is 10.2 Å². The summed E-state index contributed by atoms with van der Waals surface area (Å²) in [5, 5.41) is 8.04. The summed E-state index contributed by atoms with van der Waals surface area (Å²) in [6, 6.07) is 15.3. The average molecular weight is 237 g/mol. The SMILES string of the molecule is Nc1cccc(-c2nncn2-c2ccccc2)n1. The van der Waals surface area contributed by atoms with E-state index in [1.807, 2.05) is 47.0 Å². The third kappa shape index (κ3) is 1.82. The Bertz CT molecular complexity index is 660. The van der Waals surface area contributed by atoms with Crippen molar-refractivity contribution in [3.63, 3.8) is 0 Å². The third-order valence-corrected chi connectivity index (χ3v) is 2.58. The van der Waals surface area contributed by atoms with Crippen molar-refractivity contribution in [1.82, 2.24) is 19.7 Å². The van der Waals surface area contributed by atoms with Crippen LogP contribution in [0.4, 0.5) is 5.82 Å². The smallest absolute Gasteiger partial charge is 0.187 e. The van der Waals surface area contributed by atoms with Crippen molar-refractivity contribution in [3.8, 4) is 17.2 Å². The molecule has 0 atom stereocenters. The van der Waals surface area contributed by atoms with Gasteiger partial charge in [-0.3, -0.25) is 4.57 Å². The van der Waals surface area contributed by atoms with E-state index in [4.69, 9.17) is 5.73 Å². The van der Waals surface area contributed by atoms with Crippen LogP contribution in [-0.4, -0.2) is 19.7 Å². The van der Waals surface area contributed by atoms with E-state index in [1.54, 1.807) is 12.4 Å². The molecule has 1 aromatic carbocycles. The molecular weight excluding hydrogens is 226 g/mol. The highest BCUT2D eigenvalue weighted by molar-refractivity contribution is 5.55. The number of benzene rings is 1. The number of nitrogen functional groups attached to an aromatic ring is 1. The third-order valence-electron chi connectivity index (χ3n) is 2.58. The molecule has 3 aromatic rings. The molecule has 3 rings (SSSR count). The number of hydrogen-bond acceptors (Lipinski definition) is 4. The molecule has 0 aliphatic rings. The summed E-state index contributed by atoms with van der Waals surface area (Å²) >= 11 is 0. The summed E-state index contributed by atoms with van der Waals surface area (Å²) in [5.74, 6) is 1.14. The van der Waals surface area contributed by atoms with E-state index in [1.165, 1.54) is 0 Å². The zero-order chi connectivity index (χ0) is 12.4. The standard InChI is InChI=1S/C13H11N5/c14-12-8-4-7-11(16-12)13-17-15-9-18(13)10-5-2-1-3-6-10/h1-9H,(H2,14,16). The molecule has 0 saturated heterocycles. The van der Waals surface area contributed by atoms with Crippen LogP contribution in [0, 0.1) is 0 Å². The van der Waals surface area contributed by atoms with Crippen molar-refractivity contribution in [2.75, 3.05) is 5.73 Å².